The van der Waals surface area contributed by atoms with Crippen LogP contribution in [-0.4, -0.2) is 70.7 Å². The number of hydrogen-bond donors (Lipinski definition) is 0. The summed E-state index contributed by atoms with van der Waals surface area (Å²) in [6, 6.07) is 0. The minimum absolute atomic E-state index is 0.0161. The summed E-state index contributed by atoms with van der Waals surface area (Å²) in [5.74, 6) is -0.374. The number of nitrogens with zero attached hydrogens (tertiary/aromatic N) is 1. The molecule has 0 aromatic rings. The Balaban J connectivity index is 4.14. The number of ether oxygens (including phenoxy) is 2. The summed E-state index contributed by atoms with van der Waals surface area (Å²) < 4.78 is 34.6. The predicted octanol–water partition coefficient (Wildman–Crippen LogP) is 14.6. The Hall–Kier alpha value is -1.80. The molecule has 9 heteroatoms. The van der Waals surface area contributed by atoms with E-state index in [9.17, 15) is 14.3 Å². The van der Waals surface area contributed by atoms with Gasteiger partial charge in [-0.3, -0.25) is 9.36 Å². The number of rotatable bonds is 46. The van der Waals surface area contributed by atoms with Crippen LogP contribution in [0.3, 0.4) is 0 Å². The van der Waals surface area contributed by atoms with Gasteiger partial charge in [0.2, 0.25) is 0 Å². The molecule has 356 valence electrons. The van der Waals surface area contributed by atoms with Crippen LogP contribution in [0, 0.1) is 0 Å². The molecule has 0 aliphatic rings. The van der Waals surface area contributed by atoms with E-state index < -0.39 is 13.9 Å². The number of carbonyl (C=O) groups is 1. The van der Waals surface area contributed by atoms with Crippen molar-refractivity contribution in [2.24, 2.45) is 0 Å². The highest BCUT2D eigenvalue weighted by Gasteiger charge is 2.20. The topological polar surface area (TPSA) is 94.1 Å². The predicted molar refractivity (Wildman–Crippen MR) is 259 cm³/mol. The highest BCUT2D eigenvalue weighted by Crippen LogP contribution is 2.38. The van der Waals surface area contributed by atoms with Gasteiger partial charge < -0.3 is 27.9 Å². The molecule has 0 amide bonds. The Kier molecular flexibility index (Phi) is 43.5. The standard InChI is InChI=1S/C52H96NO7P/c1-6-8-10-12-14-16-18-20-22-23-24-25-26-27-28-29-30-32-34-36-38-40-42-44-47-57-49-51(50-59-61(55,56)58-48-46-53(3,4)5)60-52(54)45-43-41-39-37-35-33-31-21-19-17-15-13-11-9-7-2/h9,11,15,17,21,23-24,31,35,37,51H,6-8,10,12-14,16,18-20,22,25-30,32-34,36,38-50H2,1-5H3/b11-9-,17-15-,24-23-,31-21-,37-35-. The van der Waals surface area contributed by atoms with Crippen LogP contribution in [-0.2, 0) is 27.9 Å². The Morgan fingerprint density at radius 3 is 1.44 bits per heavy atom. The van der Waals surface area contributed by atoms with Crippen LogP contribution in [0.15, 0.2) is 60.8 Å². The zero-order valence-corrected chi connectivity index (χ0v) is 41.2. The van der Waals surface area contributed by atoms with Crippen molar-refractivity contribution in [3.05, 3.63) is 60.8 Å². The monoisotopic (exact) mass is 878 g/mol. The van der Waals surface area contributed by atoms with Gasteiger partial charge in [-0.2, -0.15) is 0 Å². The SMILES string of the molecule is CC/C=C\C/C=C\C/C=C\C/C=C\CCCCC(=O)OC(COCCCCCCCCCCCCCC/C=C\CCCCCCCCCC)COP(=O)([O-])OCC[N+](C)(C)C. The first kappa shape index (κ1) is 59.2. The quantitative estimate of drug-likeness (QED) is 0.0198. The molecule has 0 rings (SSSR count). The second-order valence-electron chi connectivity index (χ2n) is 17.8. The summed E-state index contributed by atoms with van der Waals surface area (Å²) in [5, 5.41) is 0. The number of hydrogen-bond acceptors (Lipinski definition) is 7. The Labute approximate surface area is 377 Å². The molecule has 0 aliphatic heterocycles. The number of esters is 1. The van der Waals surface area contributed by atoms with Gasteiger partial charge in [0.05, 0.1) is 34.4 Å². The van der Waals surface area contributed by atoms with E-state index in [0.29, 0.717) is 24.1 Å². The van der Waals surface area contributed by atoms with Gasteiger partial charge in [0.25, 0.3) is 7.82 Å². The Bertz CT molecular complexity index is 1160. The number of likely N-dealkylation sites (N-methyl/N-ethyl adjacent to an activating group) is 1. The maximum atomic E-state index is 12.7. The first-order valence-corrected chi connectivity index (χ1v) is 26.5. The van der Waals surface area contributed by atoms with Crippen LogP contribution < -0.4 is 4.89 Å². The Morgan fingerprint density at radius 2 is 0.951 bits per heavy atom. The number of phosphoric ester groups is 1. The van der Waals surface area contributed by atoms with Gasteiger partial charge in [0.15, 0.2) is 0 Å². The number of phosphoric acid groups is 1. The van der Waals surface area contributed by atoms with Crippen molar-refractivity contribution >= 4 is 13.8 Å². The summed E-state index contributed by atoms with van der Waals surface area (Å²) in [4.78, 5) is 25.1. The average Bonchev–Trinajstić information content (AvgIpc) is 3.22. The number of allylic oxidation sites excluding steroid dienone is 10. The van der Waals surface area contributed by atoms with Crippen molar-refractivity contribution in [3.63, 3.8) is 0 Å². The summed E-state index contributed by atoms with van der Waals surface area (Å²) in [6.07, 6.45) is 56.9. The number of quaternary nitrogens is 1. The fourth-order valence-electron chi connectivity index (χ4n) is 6.71. The minimum atomic E-state index is -4.54. The first-order chi connectivity index (χ1) is 29.6. The van der Waals surface area contributed by atoms with Crippen molar-refractivity contribution in [1.82, 2.24) is 0 Å². The van der Waals surface area contributed by atoms with E-state index in [1.54, 1.807) is 0 Å². The van der Waals surface area contributed by atoms with Gasteiger partial charge in [-0.1, -0.05) is 184 Å². The maximum Gasteiger partial charge on any atom is 0.306 e. The second-order valence-corrected chi connectivity index (χ2v) is 19.2. The summed E-state index contributed by atoms with van der Waals surface area (Å²) in [5.41, 5.74) is 0. The van der Waals surface area contributed by atoms with Gasteiger partial charge in [0.1, 0.15) is 19.3 Å². The first-order valence-electron chi connectivity index (χ1n) is 25.0. The summed E-state index contributed by atoms with van der Waals surface area (Å²) in [6.45, 7) is 5.25. The maximum absolute atomic E-state index is 12.7. The van der Waals surface area contributed by atoms with Crippen molar-refractivity contribution in [2.45, 2.75) is 213 Å². The molecule has 0 saturated carbocycles. The molecule has 8 nitrogen and oxygen atoms in total. The zero-order chi connectivity index (χ0) is 44.8. The summed E-state index contributed by atoms with van der Waals surface area (Å²) >= 11 is 0. The molecule has 0 aliphatic carbocycles. The Morgan fingerprint density at radius 1 is 0.525 bits per heavy atom. The zero-order valence-electron chi connectivity index (χ0n) is 40.4. The van der Waals surface area contributed by atoms with Crippen LogP contribution in [0.2, 0.25) is 0 Å². The van der Waals surface area contributed by atoms with Crippen molar-refractivity contribution in [3.8, 4) is 0 Å². The van der Waals surface area contributed by atoms with Crippen LogP contribution in [0.5, 0.6) is 0 Å². The molecular formula is C52H96NO7P. The molecule has 0 spiro atoms. The molecule has 0 saturated heterocycles. The lowest BCUT2D eigenvalue weighted by Crippen LogP contribution is -2.37. The molecule has 0 bridgehead atoms. The van der Waals surface area contributed by atoms with Gasteiger partial charge in [0, 0.05) is 13.0 Å². The third kappa shape index (κ3) is 49.1. The molecular weight excluding hydrogens is 782 g/mol. The van der Waals surface area contributed by atoms with E-state index in [1.165, 1.54) is 128 Å². The van der Waals surface area contributed by atoms with Crippen molar-refractivity contribution in [1.29, 1.82) is 0 Å². The molecule has 0 fully saturated rings. The van der Waals surface area contributed by atoms with Crippen LogP contribution >= 0.6 is 7.82 Å². The van der Waals surface area contributed by atoms with Crippen LogP contribution in [0.25, 0.3) is 0 Å². The smallest absolute Gasteiger partial charge is 0.306 e. The lowest BCUT2D eigenvalue weighted by molar-refractivity contribution is -0.870. The third-order valence-corrected chi connectivity index (χ3v) is 11.5. The molecule has 0 N–H and O–H groups in total. The molecule has 0 aromatic heterocycles. The third-order valence-electron chi connectivity index (χ3n) is 10.6. The minimum Gasteiger partial charge on any atom is -0.756 e. The van der Waals surface area contributed by atoms with E-state index in [1.807, 2.05) is 21.1 Å². The van der Waals surface area contributed by atoms with Crippen LogP contribution in [0.4, 0.5) is 0 Å². The molecule has 2 unspecified atom stereocenters. The van der Waals surface area contributed by atoms with E-state index >= 15 is 0 Å². The van der Waals surface area contributed by atoms with E-state index in [2.05, 4.69) is 74.6 Å². The molecule has 61 heavy (non-hydrogen) atoms. The van der Waals surface area contributed by atoms with Crippen molar-refractivity contribution < 1.29 is 37.3 Å². The average molecular weight is 878 g/mol. The van der Waals surface area contributed by atoms with Gasteiger partial charge in [-0.25, -0.2) is 0 Å². The fraction of sp³-hybridized carbons (Fsp3) is 0.788. The van der Waals surface area contributed by atoms with E-state index in [-0.39, 0.29) is 32.2 Å². The summed E-state index contributed by atoms with van der Waals surface area (Å²) in [7, 11) is 1.33. The normalized spacial score (nSPS) is 14.1. The second kappa shape index (κ2) is 44.8. The van der Waals surface area contributed by atoms with E-state index in [4.69, 9.17) is 18.5 Å². The van der Waals surface area contributed by atoms with Gasteiger partial charge in [-0.15, -0.1) is 0 Å². The largest absolute Gasteiger partial charge is 0.756 e. The highest BCUT2D eigenvalue weighted by atomic mass is 31.2. The number of carbonyl (C=O) groups excluding carboxylic acids is 1. The van der Waals surface area contributed by atoms with Gasteiger partial charge >= 0.3 is 5.97 Å². The molecule has 2 atom stereocenters. The lowest BCUT2D eigenvalue weighted by atomic mass is 10.0. The van der Waals surface area contributed by atoms with Crippen molar-refractivity contribution in [2.75, 3.05) is 54.1 Å². The fourth-order valence-corrected chi connectivity index (χ4v) is 7.44. The molecule has 0 radical (unpaired) electrons. The van der Waals surface area contributed by atoms with Gasteiger partial charge in [-0.05, 0) is 77.0 Å². The molecule has 0 aromatic carbocycles. The highest BCUT2D eigenvalue weighted by molar-refractivity contribution is 7.45. The molecule has 0 heterocycles. The lowest BCUT2D eigenvalue weighted by Gasteiger charge is -2.28. The number of unbranched alkanes of at least 4 members (excludes halogenated alkanes) is 22. The van der Waals surface area contributed by atoms with E-state index in [0.717, 1.165) is 51.4 Å². The van der Waals surface area contributed by atoms with Crippen LogP contribution in [0.1, 0.15) is 206 Å².